The first-order valence-corrected chi connectivity index (χ1v) is 9.45. The molecule has 0 aromatic rings. The molecular formula is C19H35NO3. The van der Waals surface area contributed by atoms with Crippen LogP contribution in [0.3, 0.4) is 0 Å². The lowest BCUT2D eigenvalue weighted by atomic mass is 9.89. The minimum Gasteiger partial charge on any atom is -0.458 e. The van der Waals surface area contributed by atoms with Gasteiger partial charge in [-0.05, 0) is 45.7 Å². The zero-order valence-electron chi connectivity index (χ0n) is 15.4. The Hall–Kier alpha value is -0.900. The van der Waals surface area contributed by atoms with Crippen LogP contribution in [0, 0.1) is 0 Å². The fraction of sp³-hybridized carbons (Fsp3) is 0.895. The lowest BCUT2D eigenvalue weighted by molar-refractivity contribution is -0.167. The van der Waals surface area contributed by atoms with Crippen LogP contribution in [0.5, 0.6) is 0 Å². The highest BCUT2D eigenvalue weighted by molar-refractivity contribution is 5.81. The number of nitrogens with zero attached hydrogens (tertiary/aromatic N) is 1. The minimum atomic E-state index is -0.338. The van der Waals surface area contributed by atoms with Gasteiger partial charge in [0.1, 0.15) is 11.4 Å². The van der Waals surface area contributed by atoms with Gasteiger partial charge in [-0.2, -0.15) is 0 Å². The number of ketones is 1. The summed E-state index contributed by atoms with van der Waals surface area (Å²) in [5, 5.41) is 0. The van der Waals surface area contributed by atoms with E-state index in [0.717, 1.165) is 38.9 Å². The third-order valence-electron chi connectivity index (χ3n) is 4.85. The average Bonchev–Trinajstić information content (AvgIpc) is 2.53. The van der Waals surface area contributed by atoms with Crippen molar-refractivity contribution < 1.29 is 14.3 Å². The Kier molecular flexibility index (Phi) is 9.46. The molecule has 0 spiro atoms. The SMILES string of the molecule is CCCCCCCN1CCCC(CC)(OC(=O)CCC(C)=O)C1. The van der Waals surface area contributed by atoms with Crippen LogP contribution >= 0.6 is 0 Å². The van der Waals surface area contributed by atoms with Gasteiger partial charge in [-0.25, -0.2) is 0 Å². The van der Waals surface area contributed by atoms with E-state index in [-0.39, 0.29) is 23.8 Å². The highest BCUT2D eigenvalue weighted by Gasteiger charge is 2.37. The first kappa shape index (κ1) is 20.1. The molecule has 0 radical (unpaired) electrons. The Labute approximate surface area is 141 Å². The number of esters is 1. The fourth-order valence-corrected chi connectivity index (χ4v) is 3.33. The van der Waals surface area contributed by atoms with Crippen LogP contribution in [0.4, 0.5) is 0 Å². The zero-order chi connectivity index (χ0) is 17.1. The van der Waals surface area contributed by atoms with Gasteiger partial charge in [-0.15, -0.1) is 0 Å². The number of likely N-dealkylation sites (tertiary alicyclic amines) is 1. The summed E-state index contributed by atoms with van der Waals surface area (Å²) in [5.41, 5.74) is -0.338. The van der Waals surface area contributed by atoms with Gasteiger partial charge in [-0.1, -0.05) is 39.5 Å². The summed E-state index contributed by atoms with van der Waals surface area (Å²) >= 11 is 0. The topological polar surface area (TPSA) is 46.6 Å². The molecule has 0 amide bonds. The van der Waals surface area contributed by atoms with E-state index in [4.69, 9.17) is 4.74 Å². The summed E-state index contributed by atoms with van der Waals surface area (Å²) in [6.45, 7) is 8.92. The molecule has 1 atom stereocenters. The molecule has 1 fully saturated rings. The van der Waals surface area contributed by atoms with Crippen molar-refractivity contribution in [2.75, 3.05) is 19.6 Å². The van der Waals surface area contributed by atoms with E-state index in [2.05, 4.69) is 18.7 Å². The number of rotatable bonds is 11. The van der Waals surface area contributed by atoms with E-state index >= 15 is 0 Å². The number of unbranched alkanes of at least 4 members (excludes halogenated alkanes) is 4. The molecule has 1 rings (SSSR count). The number of carbonyl (C=O) groups excluding carboxylic acids is 2. The van der Waals surface area contributed by atoms with E-state index in [1.165, 1.54) is 39.0 Å². The highest BCUT2D eigenvalue weighted by Crippen LogP contribution is 2.29. The molecule has 1 heterocycles. The lowest BCUT2D eigenvalue weighted by Crippen LogP contribution is -2.50. The summed E-state index contributed by atoms with van der Waals surface area (Å²) in [6, 6.07) is 0. The number of Topliss-reactive ketones (excluding diaryl/α,β-unsaturated/α-hetero) is 1. The van der Waals surface area contributed by atoms with Crippen molar-refractivity contribution in [1.82, 2.24) is 4.90 Å². The zero-order valence-corrected chi connectivity index (χ0v) is 15.4. The van der Waals surface area contributed by atoms with Crippen molar-refractivity contribution in [3.05, 3.63) is 0 Å². The molecule has 1 unspecified atom stereocenters. The maximum atomic E-state index is 12.0. The van der Waals surface area contributed by atoms with Crippen molar-refractivity contribution in [1.29, 1.82) is 0 Å². The normalized spacial score (nSPS) is 22.0. The van der Waals surface area contributed by atoms with Crippen LogP contribution in [0.25, 0.3) is 0 Å². The van der Waals surface area contributed by atoms with Gasteiger partial charge in [-0.3, -0.25) is 9.69 Å². The second-order valence-electron chi connectivity index (χ2n) is 7.01. The lowest BCUT2D eigenvalue weighted by Gasteiger charge is -2.42. The van der Waals surface area contributed by atoms with Crippen molar-refractivity contribution in [3.8, 4) is 0 Å². The molecule has 0 N–H and O–H groups in total. The Balaban J connectivity index is 2.41. The molecule has 1 aliphatic rings. The number of hydrogen-bond donors (Lipinski definition) is 0. The van der Waals surface area contributed by atoms with E-state index in [9.17, 15) is 9.59 Å². The van der Waals surface area contributed by atoms with Crippen LogP contribution in [0.2, 0.25) is 0 Å². The van der Waals surface area contributed by atoms with Crippen LogP contribution in [0.1, 0.15) is 85.0 Å². The Morgan fingerprint density at radius 3 is 2.48 bits per heavy atom. The second-order valence-corrected chi connectivity index (χ2v) is 7.01. The number of carbonyl (C=O) groups is 2. The van der Waals surface area contributed by atoms with Gasteiger partial charge in [0, 0.05) is 13.0 Å². The van der Waals surface area contributed by atoms with Gasteiger partial charge < -0.3 is 9.53 Å². The predicted octanol–water partition coefficient (Wildman–Crippen LogP) is 4.11. The first-order chi connectivity index (χ1) is 11.0. The van der Waals surface area contributed by atoms with Crippen LogP contribution in [-0.4, -0.2) is 41.9 Å². The Bertz CT molecular complexity index is 370. The molecule has 4 heteroatoms. The van der Waals surface area contributed by atoms with E-state index in [1.54, 1.807) is 0 Å². The van der Waals surface area contributed by atoms with E-state index in [1.807, 2.05) is 0 Å². The molecule has 0 aromatic carbocycles. The second kappa shape index (κ2) is 10.8. The van der Waals surface area contributed by atoms with Gasteiger partial charge >= 0.3 is 5.97 Å². The van der Waals surface area contributed by atoms with Gasteiger partial charge in [0.25, 0.3) is 0 Å². The molecule has 0 aliphatic carbocycles. The standard InChI is InChI=1S/C19H35NO3/c1-4-6-7-8-9-14-20-15-10-13-19(5-2,16-20)23-18(22)12-11-17(3)21/h4-16H2,1-3H3. The van der Waals surface area contributed by atoms with Crippen molar-refractivity contribution >= 4 is 11.8 Å². The molecule has 1 aliphatic heterocycles. The van der Waals surface area contributed by atoms with Crippen molar-refractivity contribution in [3.63, 3.8) is 0 Å². The first-order valence-electron chi connectivity index (χ1n) is 9.45. The number of hydrogen-bond acceptors (Lipinski definition) is 4. The third-order valence-corrected chi connectivity index (χ3v) is 4.85. The molecular weight excluding hydrogens is 290 g/mol. The van der Waals surface area contributed by atoms with Gasteiger partial charge in [0.2, 0.25) is 0 Å². The molecule has 1 saturated heterocycles. The smallest absolute Gasteiger partial charge is 0.306 e. The van der Waals surface area contributed by atoms with E-state index in [0.29, 0.717) is 6.42 Å². The molecule has 4 nitrogen and oxygen atoms in total. The predicted molar refractivity (Wildman–Crippen MR) is 93.5 cm³/mol. The average molecular weight is 325 g/mol. The van der Waals surface area contributed by atoms with E-state index < -0.39 is 0 Å². The Morgan fingerprint density at radius 2 is 1.83 bits per heavy atom. The van der Waals surface area contributed by atoms with Crippen LogP contribution in [-0.2, 0) is 14.3 Å². The van der Waals surface area contributed by atoms with Crippen molar-refractivity contribution in [2.45, 2.75) is 90.6 Å². The minimum absolute atomic E-state index is 0.0462. The van der Waals surface area contributed by atoms with Crippen LogP contribution < -0.4 is 0 Å². The van der Waals surface area contributed by atoms with Gasteiger partial charge in [0.05, 0.1) is 6.42 Å². The maximum Gasteiger partial charge on any atom is 0.306 e. The molecule has 0 aromatic heterocycles. The summed E-state index contributed by atoms with van der Waals surface area (Å²) in [6.07, 6.45) is 9.85. The monoisotopic (exact) mass is 325 g/mol. The van der Waals surface area contributed by atoms with Crippen molar-refractivity contribution in [2.24, 2.45) is 0 Å². The number of piperidine rings is 1. The summed E-state index contributed by atoms with van der Waals surface area (Å²) in [7, 11) is 0. The molecule has 0 bridgehead atoms. The maximum absolute atomic E-state index is 12.0. The van der Waals surface area contributed by atoms with Crippen LogP contribution in [0.15, 0.2) is 0 Å². The number of ether oxygens (including phenoxy) is 1. The Morgan fingerprint density at radius 1 is 1.09 bits per heavy atom. The summed E-state index contributed by atoms with van der Waals surface area (Å²) in [5.74, 6) is -0.170. The quantitative estimate of drug-likeness (QED) is 0.423. The fourth-order valence-electron chi connectivity index (χ4n) is 3.33. The largest absolute Gasteiger partial charge is 0.458 e. The molecule has 134 valence electrons. The summed E-state index contributed by atoms with van der Waals surface area (Å²) in [4.78, 5) is 25.5. The summed E-state index contributed by atoms with van der Waals surface area (Å²) < 4.78 is 5.82. The third kappa shape index (κ3) is 7.96. The molecule has 23 heavy (non-hydrogen) atoms. The highest BCUT2D eigenvalue weighted by atomic mass is 16.6. The molecule has 0 saturated carbocycles. The van der Waals surface area contributed by atoms with Gasteiger partial charge in [0.15, 0.2) is 0 Å².